The quantitative estimate of drug-likeness (QED) is 0.764. The van der Waals surface area contributed by atoms with E-state index in [1.165, 1.54) is 37.2 Å². The lowest BCUT2D eigenvalue weighted by Crippen LogP contribution is -2.31. The van der Waals surface area contributed by atoms with Gasteiger partial charge in [0.1, 0.15) is 0 Å². The molecule has 4 heterocycles. The number of hydrogen-bond donors (Lipinski definition) is 1. The summed E-state index contributed by atoms with van der Waals surface area (Å²) < 4.78 is 2.01. The minimum absolute atomic E-state index is 0.489. The number of anilines is 2. The predicted octanol–water partition coefficient (Wildman–Crippen LogP) is 4.39. The molecule has 0 radical (unpaired) electrons. The SMILES string of the molecule is Cc1cn2ccnc2c(Nc2ccc(C(C)N3CCCCC3)s2)n1. The lowest BCUT2D eigenvalue weighted by atomic mass is 10.1. The Bertz CT molecular complexity index is 831. The number of fused-ring (bicyclic) bond motifs is 1. The monoisotopic (exact) mass is 341 g/mol. The van der Waals surface area contributed by atoms with E-state index in [9.17, 15) is 0 Å². The van der Waals surface area contributed by atoms with E-state index < -0.39 is 0 Å². The molecule has 6 heteroatoms. The van der Waals surface area contributed by atoms with Crippen LogP contribution in [-0.4, -0.2) is 32.4 Å². The standard InChI is InChI=1S/C18H23N5S/c1-13-12-23-11-8-19-18(23)17(20-13)21-16-7-6-15(24-16)14(2)22-9-4-3-5-10-22/h6-8,11-12,14H,3-5,9-10H2,1-2H3,(H,20,21). The van der Waals surface area contributed by atoms with Gasteiger partial charge in [-0.05, 0) is 51.9 Å². The second-order valence-corrected chi connectivity index (χ2v) is 7.60. The van der Waals surface area contributed by atoms with Crippen LogP contribution in [0.15, 0.2) is 30.7 Å². The molecule has 0 spiro atoms. The van der Waals surface area contributed by atoms with E-state index in [2.05, 4.69) is 39.2 Å². The van der Waals surface area contributed by atoms with Crippen LogP contribution in [0.5, 0.6) is 0 Å². The van der Waals surface area contributed by atoms with Crippen molar-refractivity contribution in [2.45, 2.75) is 39.2 Å². The lowest BCUT2D eigenvalue weighted by Gasteiger charge is -2.31. The number of imidazole rings is 1. The fraction of sp³-hybridized carbons (Fsp3) is 0.444. The first-order valence-electron chi connectivity index (χ1n) is 8.62. The number of nitrogens with zero attached hydrogens (tertiary/aromatic N) is 4. The number of hydrogen-bond acceptors (Lipinski definition) is 5. The van der Waals surface area contributed by atoms with Gasteiger partial charge in [0.05, 0.1) is 10.7 Å². The molecule has 4 rings (SSSR count). The predicted molar refractivity (Wildman–Crippen MR) is 99.2 cm³/mol. The number of aryl methyl sites for hydroxylation is 1. The highest BCUT2D eigenvalue weighted by atomic mass is 32.1. The topological polar surface area (TPSA) is 45.5 Å². The van der Waals surface area contributed by atoms with Gasteiger partial charge in [-0.25, -0.2) is 9.97 Å². The molecule has 1 N–H and O–H groups in total. The highest BCUT2D eigenvalue weighted by Crippen LogP contribution is 2.33. The molecular formula is C18H23N5S. The Morgan fingerprint density at radius 2 is 2.04 bits per heavy atom. The van der Waals surface area contributed by atoms with Crippen LogP contribution in [0.4, 0.5) is 10.8 Å². The molecule has 0 amide bonds. The molecule has 1 fully saturated rings. The van der Waals surface area contributed by atoms with Gasteiger partial charge < -0.3 is 9.72 Å². The van der Waals surface area contributed by atoms with Crippen molar-refractivity contribution in [1.82, 2.24) is 19.3 Å². The van der Waals surface area contributed by atoms with Gasteiger partial charge in [0, 0.05) is 29.5 Å². The Kier molecular flexibility index (Phi) is 4.24. The van der Waals surface area contributed by atoms with Crippen LogP contribution >= 0.6 is 11.3 Å². The van der Waals surface area contributed by atoms with Crippen LogP contribution in [-0.2, 0) is 0 Å². The molecule has 0 aliphatic carbocycles. The van der Waals surface area contributed by atoms with Crippen LogP contribution in [0.3, 0.4) is 0 Å². The van der Waals surface area contributed by atoms with E-state index >= 15 is 0 Å². The van der Waals surface area contributed by atoms with Crippen molar-refractivity contribution in [1.29, 1.82) is 0 Å². The Hall–Kier alpha value is -1.92. The number of likely N-dealkylation sites (tertiary alicyclic amines) is 1. The van der Waals surface area contributed by atoms with Crippen molar-refractivity contribution >= 4 is 27.8 Å². The average molecular weight is 341 g/mol. The second-order valence-electron chi connectivity index (χ2n) is 6.49. The molecule has 1 atom stereocenters. The number of nitrogens with one attached hydrogen (secondary N) is 1. The molecule has 0 aromatic carbocycles. The summed E-state index contributed by atoms with van der Waals surface area (Å²) in [4.78, 5) is 13.0. The van der Waals surface area contributed by atoms with E-state index in [0.717, 1.165) is 22.2 Å². The fourth-order valence-corrected chi connectivity index (χ4v) is 4.38. The maximum Gasteiger partial charge on any atom is 0.180 e. The number of piperidine rings is 1. The zero-order valence-corrected chi connectivity index (χ0v) is 15.0. The molecule has 0 bridgehead atoms. The molecule has 24 heavy (non-hydrogen) atoms. The third-order valence-electron chi connectivity index (χ3n) is 4.71. The van der Waals surface area contributed by atoms with Gasteiger partial charge in [-0.15, -0.1) is 11.3 Å². The summed E-state index contributed by atoms with van der Waals surface area (Å²) in [6, 6.07) is 4.89. The highest BCUT2D eigenvalue weighted by Gasteiger charge is 2.19. The number of rotatable bonds is 4. The molecular weight excluding hydrogens is 318 g/mol. The molecule has 1 unspecified atom stereocenters. The summed E-state index contributed by atoms with van der Waals surface area (Å²) in [6.07, 6.45) is 9.77. The molecule has 1 aliphatic heterocycles. The maximum absolute atomic E-state index is 4.61. The fourth-order valence-electron chi connectivity index (χ4n) is 3.39. The van der Waals surface area contributed by atoms with E-state index in [0.29, 0.717) is 6.04 Å². The Morgan fingerprint density at radius 3 is 2.88 bits per heavy atom. The van der Waals surface area contributed by atoms with Crippen LogP contribution in [0.1, 0.15) is 42.8 Å². The van der Waals surface area contributed by atoms with Crippen LogP contribution in [0, 0.1) is 6.92 Å². The van der Waals surface area contributed by atoms with E-state index in [1.807, 2.05) is 35.1 Å². The van der Waals surface area contributed by atoms with Crippen molar-refractivity contribution < 1.29 is 0 Å². The van der Waals surface area contributed by atoms with Gasteiger partial charge in [-0.1, -0.05) is 6.42 Å². The summed E-state index contributed by atoms with van der Waals surface area (Å²) in [5, 5.41) is 4.58. The first kappa shape index (κ1) is 15.6. The summed E-state index contributed by atoms with van der Waals surface area (Å²) in [6.45, 7) is 6.76. The number of thiophene rings is 1. The second kappa shape index (κ2) is 6.53. The van der Waals surface area contributed by atoms with Crippen LogP contribution < -0.4 is 5.32 Å². The molecule has 3 aromatic heterocycles. The zero-order chi connectivity index (χ0) is 16.5. The summed E-state index contributed by atoms with van der Waals surface area (Å²) >= 11 is 1.82. The Labute approximate surface area is 146 Å². The Balaban J connectivity index is 1.55. The van der Waals surface area contributed by atoms with E-state index in [-0.39, 0.29) is 0 Å². The van der Waals surface area contributed by atoms with Crippen molar-refractivity contribution in [3.05, 3.63) is 41.3 Å². The largest absolute Gasteiger partial charge is 0.329 e. The van der Waals surface area contributed by atoms with Crippen molar-refractivity contribution in [3.63, 3.8) is 0 Å². The third-order valence-corrected chi connectivity index (χ3v) is 5.88. The van der Waals surface area contributed by atoms with E-state index in [1.54, 1.807) is 6.20 Å². The van der Waals surface area contributed by atoms with Crippen molar-refractivity contribution in [2.75, 3.05) is 18.4 Å². The van der Waals surface area contributed by atoms with Gasteiger partial charge in [0.2, 0.25) is 0 Å². The van der Waals surface area contributed by atoms with Crippen LogP contribution in [0.2, 0.25) is 0 Å². The molecule has 1 saturated heterocycles. The summed E-state index contributed by atoms with van der Waals surface area (Å²) in [7, 11) is 0. The third kappa shape index (κ3) is 3.03. The zero-order valence-electron chi connectivity index (χ0n) is 14.2. The summed E-state index contributed by atoms with van der Waals surface area (Å²) in [5.41, 5.74) is 1.83. The van der Waals surface area contributed by atoms with Crippen molar-refractivity contribution in [3.8, 4) is 0 Å². The first-order chi connectivity index (χ1) is 11.7. The average Bonchev–Trinajstić information content (AvgIpc) is 3.24. The van der Waals surface area contributed by atoms with E-state index in [4.69, 9.17) is 0 Å². The van der Waals surface area contributed by atoms with Gasteiger partial charge in [-0.3, -0.25) is 4.90 Å². The summed E-state index contributed by atoms with van der Waals surface area (Å²) in [5.74, 6) is 0.819. The van der Waals surface area contributed by atoms with Gasteiger partial charge in [-0.2, -0.15) is 0 Å². The Morgan fingerprint density at radius 1 is 1.21 bits per heavy atom. The smallest absolute Gasteiger partial charge is 0.180 e. The van der Waals surface area contributed by atoms with Gasteiger partial charge in [0.15, 0.2) is 11.5 Å². The minimum atomic E-state index is 0.489. The normalized spacial score (nSPS) is 17.2. The molecule has 3 aromatic rings. The van der Waals surface area contributed by atoms with Gasteiger partial charge in [0.25, 0.3) is 0 Å². The minimum Gasteiger partial charge on any atom is -0.329 e. The van der Waals surface area contributed by atoms with Crippen molar-refractivity contribution in [2.24, 2.45) is 0 Å². The molecule has 0 saturated carbocycles. The lowest BCUT2D eigenvalue weighted by molar-refractivity contribution is 0.177. The molecule has 126 valence electrons. The molecule has 5 nitrogen and oxygen atoms in total. The number of aromatic nitrogens is 3. The highest BCUT2D eigenvalue weighted by molar-refractivity contribution is 7.16. The van der Waals surface area contributed by atoms with Gasteiger partial charge >= 0.3 is 0 Å². The first-order valence-corrected chi connectivity index (χ1v) is 9.43. The molecule has 1 aliphatic rings. The van der Waals surface area contributed by atoms with Crippen LogP contribution in [0.25, 0.3) is 5.65 Å². The maximum atomic E-state index is 4.61.